The zero-order valence-corrected chi connectivity index (χ0v) is 16.9. The summed E-state index contributed by atoms with van der Waals surface area (Å²) in [6.45, 7) is -1.87. The molecule has 2 rings (SSSR count). The Morgan fingerprint density at radius 1 is 0.893 bits per heavy atom. The second-order valence-electron chi connectivity index (χ2n) is 6.18. The number of hydrogen-bond acceptors (Lipinski definition) is 13. The summed E-state index contributed by atoms with van der Waals surface area (Å²) in [6.07, 6.45) is -17.3. The van der Waals surface area contributed by atoms with Crippen molar-refractivity contribution in [1.29, 1.82) is 0 Å². The molecule has 0 amide bonds. The molecule has 2 fully saturated rings. The third-order valence-corrected chi connectivity index (χ3v) is 5.49. The second-order valence-corrected chi connectivity index (χ2v) is 7.71. The zero-order valence-electron chi connectivity index (χ0n) is 13.9. The van der Waals surface area contributed by atoms with Gasteiger partial charge in [0.05, 0.1) is 13.2 Å². The molecule has 0 aromatic carbocycles. The largest absolute Gasteiger partial charge is 0.394 e. The molecule has 171 valence electrons. The molecule has 14 nitrogen and oxygen atoms in total. The molecule has 1 unspecified atom stereocenters. The minimum Gasteiger partial charge on any atom is -0.394 e. The minimum atomic E-state index is -5.48. The van der Waals surface area contributed by atoms with Gasteiger partial charge in [0.2, 0.25) is 0 Å². The normalized spacial score (nSPS) is 47.4. The van der Waals surface area contributed by atoms with Gasteiger partial charge in [0.1, 0.15) is 42.7 Å². The molecule has 1 radical (unpaired) electrons. The van der Waals surface area contributed by atoms with Gasteiger partial charge in [-0.05, 0) is 0 Å². The van der Waals surface area contributed by atoms with Gasteiger partial charge in [-0.25, -0.2) is 0 Å². The fourth-order valence-corrected chi connectivity index (χ4v) is 3.52. The maximum Gasteiger partial charge on any atom is 0.327 e. The van der Waals surface area contributed by atoms with E-state index >= 15 is 0 Å². The average Bonchev–Trinajstić information content (AvgIpc) is 2.60. The van der Waals surface area contributed by atoms with Crippen LogP contribution in [0, 0.1) is 0 Å². The van der Waals surface area contributed by atoms with Gasteiger partial charge in [-0.15, -0.1) is 0 Å². The van der Waals surface area contributed by atoms with Crippen LogP contribution in [0.3, 0.4) is 0 Å². The van der Waals surface area contributed by atoms with Crippen LogP contribution in [0.15, 0.2) is 0 Å². The molecule has 16 heteroatoms. The Balaban J connectivity index is 0.00000392. The Labute approximate surface area is 174 Å². The number of rotatable bonds is 5. The van der Waals surface area contributed by atoms with Crippen LogP contribution in [0.1, 0.15) is 0 Å². The van der Waals surface area contributed by atoms with Gasteiger partial charge in [0.15, 0.2) is 12.4 Å². The molecule has 9 N–H and O–H groups in total. The first-order valence-electron chi connectivity index (χ1n) is 7.69. The molecular weight excluding hydrogens is 597 g/mol. The summed E-state index contributed by atoms with van der Waals surface area (Å²) in [5, 5.41) is 73.9. The fourth-order valence-electron chi connectivity index (χ4n) is 2.83. The molecule has 2 aliphatic rings. The Bertz CT molecular complexity index is 615. The number of ether oxygens (including phenoxy) is 3. The summed E-state index contributed by atoms with van der Waals surface area (Å²) in [6, 6.07) is 0. The Hall–Kier alpha value is 0.210. The minimum absolute atomic E-state index is 0. The van der Waals surface area contributed by atoms with Crippen LogP contribution in [0.5, 0.6) is 0 Å². The Morgan fingerprint density at radius 3 is 1.89 bits per heavy atom. The van der Waals surface area contributed by atoms with Crippen molar-refractivity contribution in [3.63, 3.8) is 0 Å². The van der Waals surface area contributed by atoms with Crippen LogP contribution < -0.4 is 0 Å². The van der Waals surface area contributed by atoms with E-state index < -0.39 is 83.6 Å². The van der Waals surface area contributed by atoms with Crippen molar-refractivity contribution in [2.75, 3.05) is 13.2 Å². The van der Waals surface area contributed by atoms with Crippen molar-refractivity contribution in [2.45, 2.75) is 60.2 Å². The predicted molar refractivity (Wildman–Crippen MR) is 79.1 cm³/mol. The fraction of sp³-hybridized carbons (Fsp3) is 1.00. The van der Waals surface area contributed by atoms with Gasteiger partial charge in [0.25, 0.3) is 0 Å². The van der Waals surface area contributed by atoms with Gasteiger partial charge in [-0.2, -0.15) is 8.42 Å². The van der Waals surface area contributed by atoms with E-state index in [2.05, 4.69) is 4.74 Å². The molecule has 0 aliphatic carbocycles. The zero-order chi connectivity index (χ0) is 20.7. The molecule has 0 aromatic rings. The Morgan fingerprint density at radius 2 is 1.43 bits per heavy atom. The molecule has 10 atom stereocenters. The van der Waals surface area contributed by atoms with Crippen LogP contribution in [-0.4, -0.2) is 127 Å². The summed E-state index contributed by atoms with van der Waals surface area (Å²) >= 11 is 0. The van der Waals surface area contributed by atoms with Gasteiger partial charge in [0, 0.05) is 22.4 Å². The van der Waals surface area contributed by atoms with E-state index in [4.69, 9.17) is 19.1 Å². The molecule has 0 bridgehead atoms. The van der Waals surface area contributed by atoms with Crippen LogP contribution in [-0.2, 0) is 46.7 Å². The maximum atomic E-state index is 11.3. The van der Waals surface area contributed by atoms with Crippen molar-refractivity contribution < 1.29 is 90.4 Å². The molecule has 0 spiro atoms. The molecule has 2 heterocycles. The summed E-state index contributed by atoms with van der Waals surface area (Å²) in [7, 11) is -5.48. The standard InChI is InChI=1S/C12H22O14S.Au/c13-1-3-5(15)6(16)7(17)11(24-3)25-9-4(2-14)26-12(20,27(21,22)23)10(19)8(9)18;/h3-11,13-20H,1-2H2,(H,21,22,23);/t3-,4-,5+,6+,7-,8+,9-,10-,11+,12?;/m1./s1. The molecule has 2 saturated heterocycles. The first-order chi connectivity index (χ1) is 12.4. The first-order valence-corrected chi connectivity index (χ1v) is 9.13. The van der Waals surface area contributed by atoms with Gasteiger partial charge in [-0.3, -0.25) is 4.55 Å². The van der Waals surface area contributed by atoms with Crippen LogP contribution in [0.25, 0.3) is 0 Å². The first kappa shape index (κ1) is 26.2. The quantitative estimate of drug-likeness (QED) is 0.103. The SMILES string of the molecule is O=S(=O)(O)C1(O)O[C@H](CO)[C@@H](O[C@@H]2O[C@H](CO)[C@H](O)[C@H](O)[C@H]2O)[C@H](O)[C@H]1O.[Au]. The van der Waals surface area contributed by atoms with Crippen LogP contribution in [0.4, 0.5) is 0 Å². The summed E-state index contributed by atoms with van der Waals surface area (Å²) in [4.78, 5) is 0. The Kier molecular flexibility index (Phi) is 8.96. The van der Waals surface area contributed by atoms with Crippen molar-refractivity contribution >= 4 is 10.1 Å². The number of hydrogen-bond donors (Lipinski definition) is 9. The van der Waals surface area contributed by atoms with Crippen molar-refractivity contribution in [3.8, 4) is 0 Å². The van der Waals surface area contributed by atoms with Gasteiger partial charge in [-0.1, -0.05) is 0 Å². The van der Waals surface area contributed by atoms with Crippen molar-refractivity contribution in [2.24, 2.45) is 0 Å². The van der Waals surface area contributed by atoms with E-state index in [0.717, 1.165) is 0 Å². The topological polar surface area (TPSA) is 244 Å². The van der Waals surface area contributed by atoms with Gasteiger partial charge < -0.3 is 55.1 Å². The summed E-state index contributed by atoms with van der Waals surface area (Å²) in [5.74, 6) is 0. The van der Waals surface area contributed by atoms with E-state index in [1.54, 1.807) is 0 Å². The second kappa shape index (κ2) is 9.56. The smallest absolute Gasteiger partial charge is 0.327 e. The molecule has 2 aliphatic heterocycles. The molecule has 0 aromatic heterocycles. The van der Waals surface area contributed by atoms with E-state index in [0.29, 0.717) is 0 Å². The van der Waals surface area contributed by atoms with Crippen molar-refractivity contribution in [1.82, 2.24) is 0 Å². The van der Waals surface area contributed by atoms with Crippen LogP contribution >= 0.6 is 0 Å². The number of aliphatic hydroxyl groups excluding tert-OH is 7. The van der Waals surface area contributed by atoms with E-state index in [9.17, 15) is 44.2 Å². The average molecular weight is 619 g/mol. The van der Waals surface area contributed by atoms with E-state index in [1.165, 1.54) is 0 Å². The van der Waals surface area contributed by atoms with Gasteiger partial charge >= 0.3 is 15.2 Å². The molecular formula is C12H22AuO14S. The summed E-state index contributed by atoms with van der Waals surface area (Å²) < 4.78 is 46.4. The van der Waals surface area contributed by atoms with E-state index in [-0.39, 0.29) is 22.4 Å². The van der Waals surface area contributed by atoms with E-state index in [1.807, 2.05) is 0 Å². The van der Waals surface area contributed by atoms with Crippen molar-refractivity contribution in [3.05, 3.63) is 0 Å². The summed E-state index contributed by atoms with van der Waals surface area (Å²) in [5.41, 5.74) is 0. The third kappa shape index (κ3) is 4.59. The molecule has 28 heavy (non-hydrogen) atoms. The maximum absolute atomic E-state index is 11.3. The monoisotopic (exact) mass is 619 g/mol. The van der Waals surface area contributed by atoms with Crippen LogP contribution in [0.2, 0.25) is 0 Å². The third-order valence-electron chi connectivity index (χ3n) is 4.41. The predicted octanol–water partition coefficient (Wildman–Crippen LogP) is -6.18. The number of aliphatic hydroxyl groups is 8. The molecule has 0 saturated carbocycles.